The molecule has 0 fully saturated rings. The van der Waals surface area contributed by atoms with Crippen LogP contribution in [0.15, 0.2) is 48.5 Å². The molecule has 0 aliphatic carbocycles. The minimum absolute atomic E-state index is 0.982. The van der Waals surface area contributed by atoms with Gasteiger partial charge >= 0.3 is 0 Å². The van der Waals surface area contributed by atoms with Crippen LogP contribution < -0.4 is 9.96 Å². The summed E-state index contributed by atoms with van der Waals surface area (Å²) in [6.07, 6.45) is 0.982. The second kappa shape index (κ2) is 11.0. The van der Waals surface area contributed by atoms with Crippen LogP contribution in [0.1, 0.15) is 52.7 Å². The molecule has 0 spiro atoms. The zero-order valence-corrected chi connectivity index (χ0v) is 21.6. The van der Waals surface area contributed by atoms with Gasteiger partial charge in [0, 0.05) is 17.8 Å². The normalized spacial score (nSPS) is 12.1. The van der Waals surface area contributed by atoms with Crippen molar-refractivity contribution in [2.45, 2.75) is 84.2 Å². The van der Waals surface area contributed by atoms with Crippen LogP contribution in [0.5, 0.6) is 0 Å². The van der Waals surface area contributed by atoms with Crippen LogP contribution in [0.2, 0.25) is 36.3 Å². The molecule has 2 rings (SSSR count). The molecular weight excluding hydrogens is 384 g/mol. The van der Waals surface area contributed by atoms with Crippen molar-refractivity contribution in [1.82, 2.24) is 0 Å². The highest BCUT2D eigenvalue weighted by molar-refractivity contribution is 6.83. The van der Waals surface area contributed by atoms with Gasteiger partial charge in [0.05, 0.1) is 0 Å². The van der Waals surface area contributed by atoms with Gasteiger partial charge in [-0.05, 0) is 59.5 Å². The number of hydrogen-bond acceptors (Lipinski definition) is 2. The Balaban J connectivity index is 2.34. The van der Waals surface area contributed by atoms with Gasteiger partial charge in [-0.3, -0.25) is 0 Å². The van der Waals surface area contributed by atoms with Gasteiger partial charge in [0.2, 0.25) is 0 Å². The molecule has 0 unspecified atom stereocenters. The highest BCUT2D eigenvalue weighted by atomic mass is 28.3. The molecule has 0 radical (unpaired) electrons. The van der Waals surface area contributed by atoms with Gasteiger partial charge in [-0.15, -0.1) is 0 Å². The number of nitrogens with one attached hydrogen (secondary N) is 2. The van der Waals surface area contributed by atoms with Gasteiger partial charge in [0.25, 0.3) is 0 Å². The van der Waals surface area contributed by atoms with Crippen molar-refractivity contribution in [3.63, 3.8) is 0 Å². The third-order valence-electron chi connectivity index (χ3n) is 7.28. The Hall–Kier alpha value is -1.53. The monoisotopic (exact) mass is 426 g/mol. The SMILES string of the molecule is CC[Si](CC)(CC)Nc1ccccc1Cc1ccccc1N[Si](CC)(CC)CC. The van der Waals surface area contributed by atoms with E-state index >= 15 is 0 Å². The summed E-state index contributed by atoms with van der Waals surface area (Å²) in [4.78, 5) is 8.12. The topological polar surface area (TPSA) is 24.1 Å². The number of benzene rings is 2. The summed E-state index contributed by atoms with van der Waals surface area (Å²) in [6, 6.07) is 25.6. The van der Waals surface area contributed by atoms with Crippen LogP contribution in [0.3, 0.4) is 0 Å². The Labute approximate surface area is 181 Å². The van der Waals surface area contributed by atoms with Crippen molar-refractivity contribution in [2.75, 3.05) is 9.96 Å². The van der Waals surface area contributed by atoms with E-state index < -0.39 is 16.5 Å². The summed E-state index contributed by atoms with van der Waals surface area (Å²) in [7, 11) is -2.87. The molecular formula is C25H42N2Si2. The maximum absolute atomic E-state index is 4.06. The van der Waals surface area contributed by atoms with E-state index in [0.29, 0.717) is 0 Å². The van der Waals surface area contributed by atoms with Gasteiger partial charge < -0.3 is 9.96 Å². The quantitative estimate of drug-likeness (QED) is 0.335. The first-order chi connectivity index (χ1) is 14.0. The molecule has 4 heteroatoms. The summed E-state index contributed by atoms with van der Waals surface area (Å²) in [5.41, 5.74) is 5.55. The molecule has 0 amide bonds. The van der Waals surface area contributed by atoms with Crippen LogP contribution in [-0.4, -0.2) is 16.5 Å². The second-order valence-corrected chi connectivity index (χ2v) is 18.3. The van der Waals surface area contributed by atoms with E-state index in [1.807, 2.05) is 0 Å². The Morgan fingerprint density at radius 2 is 0.828 bits per heavy atom. The number of para-hydroxylation sites is 2. The Morgan fingerprint density at radius 3 is 1.14 bits per heavy atom. The first-order valence-corrected chi connectivity index (χ1v) is 17.0. The lowest BCUT2D eigenvalue weighted by Gasteiger charge is -2.32. The van der Waals surface area contributed by atoms with Gasteiger partial charge in [-0.2, -0.15) is 0 Å². The van der Waals surface area contributed by atoms with Crippen LogP contribution in [0.25, 0.3) is 0 Å². The third kappa shape index (κ3) is 5.76. The van der Waals surface area contributed by atoms with E-state index in [9.17, 15) is 0 Å². The smallest absolute Gasteiger partial charge is 0.152 e. The summed E-state index contributed by atoms with van der Waals surface area (Å²) in [5, 5.41) is 0. The molecule has 2 nitrogen and oxygen atoms in total. The summed E-state index contributed by atoms with van der Waals surface area (Å²) >= 11 is 0. The van der Waals surface area contributed by atoms with E-state index in [4.69, 9.17) is 0 Å². The van der Waals surface area contributed by atoms with E-state index in [1.165, 1.54) is 58.8 Å². The molecule has 0 aliphatic heterocycles. The van der Waals surface area contributed by atoms with E-state index in [2.05, 4.69) is 100 Å². The van der Waals surface area contributed by atoms with Crippen molar-refractivity contribution in [2.24, 2.45) is 0 Å². The summed E-state index contributed by atoms with van der Waals surface area (Å²) < 4.78 is 0. The lowest BCUT2D eigenvalue weighted by atomic mass is 10.0. The van der Waals surface area contributed by atoms with Crippen molar-refractivity contribution in [1.29, 1.82) is 0 Å². The molecule has 0 saturated carbocycles. The molecule has 2 aromatic carbocycles. The second-order valence-electron chi connectivity index (χ2n) is 8.42. The first-order valence-electron chi connectivity index (χ1n) is 11.7. The Kier molecular flexibility index (Phi) is 9.03. The average Bonchev–Trinajstić information content (AvgIpc) is 2.78. The van der Waals surface area contributed by atoms with E-state index in [1.54, 1.807) is 0 Å². The summed E-state index contributed by atoms with van der Waals surface area (Å²) in [5.74, 6) is 0. The van der Waals surface area contributed by atoms with Crippen LogP contribution in [0, 0.1) is 0 Å². The minimum atomic E-state index is -1.43. The zero-order valence-electron chi connectivity index (χ0n) is 19.6. The lowest BCUT2D eigenvalue weighted by Crippen LogP contribution is -2.42. The third-order valence-corrected chi connectivity index (χ3v) is 17.0. The molecule has 0 heterocycles. The van der Waals surface area contributed by atoms with Crippen molar-refractivity contribution in [3.05, 3.63) is 59.7 Å². The maximum Gasteiger partial charge on any atom is 0.152 e. The lowest BCUT2D eigenvalue weighted by molar-refractivity contribution is 1.14. The highest BCUT2D eigenvalue weighted by Gasteiger charge is 2.29. The average molecular weight is 427 g/mol. The number of anilines is 2. The molecule has 29 heavy (non-hydrogen) atoms. The minimum Gasteiger partial charge on any atom is -0.410 e. The predicted octanol–water partition coefficient (Wildman–Crippen LogP) is 8.11. The molecule has 0 atom stereocenters. The molecule has 0 bridgehead atoms. The van der Waals surface area contributed by atoms with Crippen molar-refractivity contribution >= 4 is 27.8 Å². The fourth-order valence-corrected chi connectivity index (χ4v) is 10.1. The van der Waals surface area contributed by atoms with Crippen LogP contribution in [0.4, 0.5) is 11.4 Å². The maximum atomic E-state index is 4.06. The molecule has 2 aromatic rings. The fraction of sp³-hybridized carbons (Fsp3) is 0.520. The Bertz CT molecular complexity index is 672. The van der Waals surface area contributed by atoms with Crippen molar-refractivity contribution < 1.29 is 0 Å². The largest absolute Gasteiger partial charge is 0.410 e. The van der Waals surface area contributed by atoms with Crippen LogP contribution in [-0.2, 0) is 6.42 Å². The standard InChI is InChI=1S/C25H42N2Si2/c1-7-28(8-2,9-3)26-24-19-15-13-17-22(24)21-23-18-14-16-20-25(23)27-29(10-4,11-5)12-6/h13-20,26-27H,7-12,21H2,1-6H3. The molecule has 160 valence electrons. The Morgan fingerprint density at radius 1 is 0.517 bits per heavy atom. The van der Waals surface area contributed by atoms with Crippen LogP contribution >= 0.6 is 0 Å². The number of rotatable bonds is 12. The van der Waals surface area contributed by atoms with Gasteiger partial charge in [-0.25, -0.2) is 0 Å². The summed E-state index contributed by atoms with van der Waals surface area (Å²) in [6.45, 7) is 14.2. The van der Waals surface area contributed by atoms with Crippen molar-refractivity contribution in [3.8, 4) is 0 Å². The van der Waals surface area contributed by atoms with Gasteiger partial charge in [0.1, 0.15) is 0 Å². The van der Waals surface area contributed by atoms with E-state index in [-0.39, 0.29) is 0 Å². The fourth-order valence-electron chi connectivity index (χ4n) is 4.40. The molecule has 2 N–H and O–H groups in total. The van der Waals surface area contributed by atoms with Gasteiger partial charge in [0.15, 0.2) is 16.5 Å². The predicted molar refractivity (Wildman–Crippen MR) is 137 cm³/mol. The number of hydrogen-bond donors (Lipinski definition) is 2. The van der Waals surface area contributed by atoms with Gasteiger partial charge in [-0.1, -0.05) is 77.9 Å². The van der Waals surface area contributed by atoms with E-state index in [0.717, 1.165) is 6.42 Å². The first kappa shape index (κ1) is 23.7. The molecule has 0 aromatic heterocycles. The molecule has 0 saturated heterocycles. The zero-order chi connectivity index (χ0) is 21.3. The molecule has 0 aliphatic rings. The highest BCUT2D eigenvalue weighted by Crippen LogP contribution is 2.30.